The lowest BCUT2D eigenvalue weighted by Crippen LogP contribution is -2.31. The fourth-order valence-corrected chi connectivity index (χ4v) is 4.56. The summed E-state index contributed by atoms with van der Waals surface area (Å²) in [6, 6.07) is 2.88. The van der Waals surface area contributed by atoms with Crippen LogP contribution in [-0.4, -0.2) is 6.54 Å². The molecule has 1 N–H and O–H groups in total. The lowest BCUT2D eigenvalue weighted by Gasteiger charge is -2.34. The van der Waals surface area contributed by atoms with Gasteiger partial charge in [0.2, 0.25) is 0 Å². The summed E-state index contributed by atoms with van der Waals surface area (Å²) in [6.45, 7) is 5.73. The minimum atomic E-state index is 0.567. The summed E-state index contributed by atoms with van der Waals surface area (Å²) in [5.74, 6) is 1.78. The van der Waals surface area contributed by atoms with Gasteiger partial charge in [0.05, 0.1) is 3.79 Å². The molecule has 0 bridgehead atoms. The van der Waals surface area contributed by atoms with Crippen LogP contribution >= 0.6 is 27.3 Å². The quantitative estimate of drug-likeness (QED) is 0.691. The van der Waals surface area contributed by atoms with Crippen LogP contribution in [0.3, 0.4) is 0 Å². The highest BCUT2D eigenvalue weighted by atomic mass is 79.9. The maximum absolute atomic E-state index is 3.80. The molecular formula is C16H26BrNS. The minimum Gasteiger partial charge on any atom is -0.310 e. The van der Waals surface area contributed by atoms with Gasteiger partial charge in [0.1, 0.15) is 0 Å². The Morgan fingerprint density at radius 1 is 1.42 bits per heavy atom. The summed E-state index contributed by atoms with van der Waals surface area (Å²) >= 11 is 5.42. The normalized spacial score (nSPS) is 25.4. The van der Waals surface area contributed by atoms with Crippen LogP contribution in [0.15, 0.2) is 15.2 Å². The first-order valence-electron chi connectivity index (χ1n) is 7.71. The molecule has 0 aliphatic heterocycles. The highest BCUT2D eigenvalue weighted by Crippen LogP contribution is 2.40. The van der Waals surface area contributed by atoms with Crippen molar-refractivity contribution in [2.24, 2.45) is 11.8 Å². The second-order valence-electron chi connectivity index (χ2n) is 5.82. The molecule has 1 aromatic heterocycles. The van der Waals surface area contributed by atoms with Crippen LogP contribution in [0, 0.1) is 11.8 Å². The zero-order valence-corrected chi connectivity index (χ0v) is 14.5. The molecule has 1 aromatic rings. The van der Waals surface area contributed by atoms with Crippen molar-refractivity contribution in [3.05, 3.63) is 20.8 Å². The van der Waals surface area contributed by atoms with Crippen molar-refractivity contribution in [3.63, 3.8) is 0 Å². The standard InChI is InChI=1S/C16H26BrNS/c1-3-8-18-16(14-10-15(17)19-11-14)13-7-5-6-12(4-2)9-13/h10-13,16,18H,3-9H2,1-2H3. The molecule has 3 unspecified atom stereocenters. The number of hydrogen-bond donors (Lipinski definition) is 1. The third kappa shape index (κ3) is 4.30. The van der Waals surface area contributed by atoms with Crippen molar-refractivity contribution in [3.8, 4) is 0 Å². The zero-order valence-electron chi connectivity index (χ0n) is 12.1. The van der Waals surface area contributed by atoms with Crippen molar-refractivity contribution in [1.29, 1.82) is 0 Å². The molecule has 0 radical (unpaired) electrons. The van der Waals surface area contributed by atoms with E-state index < -0.39 is 0 Å². The molecule has 1 aliphatic rings. The summed E-state index contributed by atoms with van der Waals surface area (Å²) in [5.41, 5.74) is 1.49. The van der Waals surface area contributed by atoms with E-state index in [9.17, 15) is 0 Å². The fourth-order valence-electron chi connectivity index (χ4n) is 3.35. The van der Waals surface area contributed by atoms with Gasteiger partial charge >= 0.3 is 0 Å². The molecule has 1 heterocycles. The SMILES string of the molecule is CCCNC(c1csc(Br)c1)C1CCCC(CC)C1. The molecule has 108 valence electrons. The van der Waals surface area contributed by atoms with E-state index in [0.717, 1.165) is 18.4 Å². The predicted molar refractivity (Wildman–Crippen MR) is 88.8 cm³/mol. The summed E-state index contributed by atoms with van der Waals surface area (Å²) in [5, 5.41) is 6.13. The van der Waals surface area contributed by atoms with Gasteiger partial charge < -0.3 is 5.32 Å². The van der Waals surface area contributed by atoms with Crippen molar-refractivity contribution < 1.29 is 0 Å². The lowest BCUT2D eigenvalue weighted by atomic mass is 9.75. The average molecular weight is 344 g/mol. The van der Waals surface area contributed by atoms with Crippen molar-refractivity contribution in [2.75, 3.05) is 6.54 Å². The highest BCUT2D eigenvalue weighted by Gasteiger charge is 2.28. The van der Waals surface area contributed by atoms with Gasteiger partial charge in [-0.05, 0) is 70.6 Å². The topological polar surface area (TPSA) is 12.0 Å². The van der Waals surface area contributed by atoms with Gasteiger partial charge in [-0.3, -0.25) is 0 Å². The molecule has 1 fully saturated rings. The molecule has 1 aliphatic carbocycles. The van der Waals surface area contributed by atoms with Gasteiger partial charge in [-0.15, -0.1) is 11.3 Å². The average Bonchev–Trinajstić information content (AvgIpc) is 2.86. The largest absolute Gasteiger partial charge is 0.310 e. The van der Waals surface area contributed by atoms with E-state index in [2.05, 4.69) is 46.5 Å². The van der Waals surface area contributed by atoms with Gasteiger partial charge in [-0.2, -0.15) is 0 Å². The van der Waals surface area contributed by atoms with Crippen LogP contribution in [-0.2, 0) is 0 Å². The number of rotatable bonds is 6. The van der Waals surface area contributed by atoms with Crippen molar-refractivity contribution in [2.45, 2.75) is 58.4 Å². The maximum Gasteiger partial charge on any atom is 0.0701 e. The number of halogens is 1. The minimum absolute atomic E-state index is 0.567. The molecule has 0 aromatic carbocycles. The van der Waals surface area contributed by atoms with Crippen LogP contribution in [0.1, 0.15) is 64.0 Å². The fraction of sp³-hybridized carbons (Fsp3) is 0.750. The predicted octanol–water partition coefficient (Wildman–Crippen LogP) is 5.77. The molecular weight excluding hydrogens is 318 g/mol. The van der Waals surface area contributed by atoms with Crippen LogP contribution in [0.4, 0.5) is 0 Å². The number of thiophene rings is 1. The molecule has 3 atom stereocenters. The monoisotopic (exact) mass is 343 g/mol. The van der Waals surface area contributed by atoms with Crippen LogP contribution < -0.4 is 5.32 Å². The van der Waals surface area contributed by atoms with Crippen LogP contribution in [0.2, 0.25) is 0 Å². The Morgan fingerprint density at radius 3 is 2.89 bits per heavy atom. The molecule has 0 saturated heterocycles. The van der Waals surface area contributed by atoms with Gasteiger partial charge in [0.15, 0.2) is 0 Å². The second kappa shape index (κ2) is 7.80. The third-order valence-corrected chi connectivity index (χ3v) is 5.96. The maximum atomic E-state index is 3.80. The molecule has 19 heavy (non-hydrogen) atoms. The zero-order chi connectivity index (χ0) is 13.7. The van der Waals surface area contributed by atoms with Gasteiger partial charge in [0, 0.05) is 6.04 Å². The third-order valence-electron chi connectivity index (χ3n) is 4.43. The Kier molecular flexibility index (Phi) is 6.37. The molecule has 2 rings (SSSR count). The van der Waals surface area contributed by atoms with E-state index in [0.29, 0.717) is 6.04 Å². The molecule has 1 saturated carbocycles. The van der Waals surface area contributed by atoms with Crippen molar-refractivity contribution >= 4 is 27.3 Å². The Labute approximate surface area is 130 Å². The molecule has 0 amide bonds. The summed E-state index contributed by atoms with van der Waals surface area (Å²) in [6.07, 6.45) is 8.23. The van der Waals surface area contributed by atoms with Crippen molar-refractivity contribution in [1.82, 2.24) is 5.32 Å². The van der Waals surface area contributed by atoms with E-state index >= 15 is 0 Å². The lowest BCUT2D eigenvalue weighted by molar-refractivity contribution is 0.209. The van der Waals surface area contributed by atoms with Crippen LogP contribution in [0.25, 0.3) is 0 Å². The second-order valence-corrected chi connectivity index (χ2v) is 8.11. The van der Waals surface area contributed by atoms with Gasteiger partial charge in [-0.25, -0.2) is 0 Å². The molecule has 1 nitrogen and oxygen atoms in total. The smallest absolute Gasteiger partial charge is 0.0701 e. The molecule has 3 heteroatoms. The van der Waals surface area contributed by atoms with E-state index in [4.69, 9.17) is 0 Å². The van der Waals surface area contributed by atoms with Gasteiger partial charge in [0.25, 0.3) is 0 Å². The Morgan fingerprint density at radius 2 is 2.26 bits per heavy atom. The van der Waals surface area contributed by atoms with E-state index in [1.807, 2.05) is 11.3 Å². The number of nitrogens with one attached hydrogen (secondary N) is 1. The Balaban J connectivity index is 2.08. The van der Waals surface area contributed by atoms with E-state index in [-0.39, 0.29) is 0 Å². The first-order valence-corrected chi connectivity index (χ1v) is 9.39. The first kappa shape index (κ1) is 15.5. The summed E-state index contributed by atoms with van der Waals surface area (Å²) < 4.78 is 1.26. The Bertz CT molecular complexity index is 377. The van der Waals surface area contributed by atoms with E-state index in [1.54, 1.807) is 0 Å². The van der Waals surface area contributed by atoms with Crippen LogP contribution in [0.5, 0.6) is 0 Å². The first-order chi connectivity index (χ1) is 9.24. The molecule has 0 spiro atoms. The highest BCUT2D eigenvalue weighted by molar-refractivity contribution is 9.11. The van der Waals surface area contributed by atoms with Gasteiger partial charge in [-0.1, -0.05) is 33.1 Å². The summed E-state index contributed by atoms with van der Waals surface area (Å²) in [7, 11) is 0. The number of hydrogen-bond acceptors (Lipinski definition) is 2. The Hall–Kier alpha value is 0.140. The summed E-state index contributed by atoms with van der Waals surface area (Å²) in [4.78, 5) is 0. The van der Waals surface area contributed by atoms with E-state index in [1.165, 1.54) is 47.9 Å².